The minimum absolute atomic E-state index is 0.0317. The zero-order valence-corrected chi connectivity index (χ0v) is 17.8. The summed E-state index contributed by atoms with van der Waals surface area (Å²) in [5.41, 5.74) is 2.89. The molecule has 2 rings (SSSR count). The number of nitrogens with one attached hydrogen (secondary N) is 3. The fourth-order valence-electron chi connectivity index (χ4n) is 2.84. The average Bonchev–Trinajstić information content (AvgIpc) is 2.73. The molecule has 0 aliphatic heterocycles. The Morgan fingerprint density at radius 3 is 2.66 bits per heavy atom. The van der Waals surface area contributed by atoms with Crippen LogP contribution in [-0.2, 0) is 6.42 Å². The van der Waals surface area contributed by atoms with Crippen LogP contribution in [0, 0.1) is 6.92 Å². The molecule has 3 N–H and O–H groups in total. The molecule has 1 amide bonds. The highest BCUT2D eigenvalue weighted by molar-refractivity contribution is 5.94. The summed E-state index contributed by atoms with van der Waals surface area (Å²) in [4.78, 5) is 16.4. The third-order valence-corrected chi connectivity index (χ3v) is 4.39. The molecule has 0 aliphatic rings. The van der Waals surface area contributed by atoms with Crippen molar-refractivity contribution < 1.29 is 9.53 Å². The van der Waals surface area contributed by atoms with Gasteiger partial charge < -0.3 is 20.7 Å². The van der Waals surface area contributed by atoms with Gasteiger partial charge in [-0.3, -0.25) is 4.79 Å². The summed E-state index contributed by atoms with van der Waals surface area (Å²) in [6.45, 7) is 8.15. The van der Waals surface area contributed by atoms with Crippen LogP contribution in [0.5, 0.6) is 5.75 Å². The Morgan fingerprint density at radius 1 is 1.14 bits per heavy atom. The van der Waals surface area contributed by atoms with Crippen molar-refractivity contribution in [2.75, 3.05) is 26.7 Å². The zero-order chi connectivity index (χ0) is 21.1. The lowest BCUT2D eigenvalue weighted by molar-refractivity contribution is 0.0963. The summed E-state index contributed by atoms with van der Waals surface area (Å²) >= 11 is 0. The topological polar surface area (TPSA) is 74.8 Å². The van der Waals surface area contributed by atoms with Crippen molar-refractivity contribution in [3.63, 3.8) is 0 Å². The van der Waals surface area contributed by atoms with Crippen molar-refractivity contribution in [1.82, 2.24) is 16.0 Å². The molecule has 1 atom stereocenters. The summed E-state index contributed by atoms with van der Waals surface area (Å²) < 4.78 is 5.99. The SMILES string of the molecule is CCNC(=NCC(C)Oc1ccccc1C)NCCc1cccc(C(=O)NC)c1. The van der Waals surface area contributed by atoms with Crippen LogP contribution in [0.2, 0.25) is 0 Å². The predicted molar refractivity (Wildman–Crippen MR) is 119 cm³/mol. The van der Waals surface area contributed by atoms with Crippen LogP contribution in [0.1, 0.15) is 35.3 Å². The minimum Gasteiger partial charge on any atom is -0.489 e. The van der Waals surface area contributed by atoms with E-state index in [1.165, 1.54) is 0 Å². The maximum absolute atomic E-state index is 11.8. The highest BCUT2D eigenvalue weighted by Gasteiger charge is 2.07. The molecule has 0 fully saturated rings. The van der Waals surface area contributed by atoms with Crippen molar-refractivity contribution in [2.45, 2.75) is 33.3 Å². The zero-order valence-electron chi connectivity index (χ0n) is 17.8. The maximum atomic E-state index is 11.8. The molecule has 0 spiro atoms. The van der Waals surface area contributed by atoms with Gasteiger partial charge in [-0.1, -0.05) is 30.3 Å². The van der Waals surface area contributed by atoms with Gasteiger partial charge in [-0.2, -0.15) is 0 Å². The van der Waals surface area contributed by atoms with Crippen LogP contribution in [0.25, 0.3) is 0 Å². The fourth-order valence-corrected chi connectivity index (χ4v) is 2.84. The quantitative estimate of drug-likeness (QED) is 0.450. The lowest BCUT2D eigenvalue weighted by atomic mass is 10.1. The molecule has 2 aromatic carbocycles. The number of aliphatic imine (C=N–C) groups is 1. The summed E-state index contributed by atoms with van der Waals surface area (Å²) in [7, 11) is 1.64. The van der Waals surface area contributed by atoms with E-state index >= 15 is 0 Å². The number of carbonyl (C=O) groups excluding carboxylic acids is 1. The molecule has 0 saturated carbocycles. The molecule has 6 heteroatoms. The van der Waals surface area contributed by atoms with E-state index in [-0.39, 0.29) is 12.0 Å². The highest BCUT2D eigenvalue weighted by Crippen LogP contribution is 2.17. The van der Waals surface area contributed by atoms with Crippen molar-refractivity contribution >= 4 is 11.9 Å². The molecule has 0 radical (unpaired) electrons. The van der Waals surface area contributed by atoms with Gasteiger partial charge in [0.1, 0.15) is 11.9 Å². The summed E-state index contributed by atoms with van der Waals surface area (Å²) in [5, 5.41) is 9.25. The minimum atomic E-state index is -0.0719. The van der Waals surface area contributed by atoms with E-state index in [1.807, 2.05) is 69.3 Å². The first kappa shape index (κ1) is 22.3. The molecule has 6 nitrogen and oxygen atoms in total. The van der Waals surface area contributed by atoms with Crippen molar-refractivity contribution in [1.29, 1.82) is 0 Å². The van der Waals surface area contributed by atoms with Crippen molar-refractivity contribution in [3.8, 4) is 5.75 Å². The monoisotopic (exact) mass is 396 g/mol. The first-order valence-electron chi connectivity index (χ1n) is 10.1. The number of hydrogen-bond acceptors (Lipinski definition) is 3. The fraction of sp³-hybridized carbons (Fsp3) is 0.391. The lowest BCUT2D eigenvalue weighted by Crippen LogP contribution is -2.39. The van der Waals surface area contributed by atoms with Crippen LogP contribution >= 0.6 is 0 Å². The molecule has 2 aromatic rings. The Morgan fingerprint density at radius 2 is 1.93 bits per heavy atom. The van der Waals surface area contributed by atoms with Crippen LogP contribution in [0.4, 0.5) is 0 Å². The summed E-state index contributed by atoms with van der Waals surface area (Å²) in [6.07, 6.45) is 0.764. The Balaban J connectivity index is 1.87. The number of aryl methyl sites for hydroxylation is 1. The van der Waals surface area contributed by atoms with Crippen molar-refractivity contribution in [2.24, 2.45) is 4.99 Å². The van der Waals surface area contributed by atoms with E-state index in [1.54, 1.807) is 7.05 Å². The van der Waals surface area contributed by atoms with E-state index in [0.717, 1.165) is 42.3 Å². The maximum Gasteiger partial charge on any atom is 0.251 e. The van der Waals surface area contributed by atoms with Gasteiger partial charge in [0.05, 0.1) is 6.54 Å². The van der Waals surface area contributed by atoms with E-state index in [0.29, 0.717) is 12.1 Å². The largest absolute Gasteiger partial charge is 0.489 e. The second kappa shape index (κ2) is 11.7. The second-order valence-electron chi connectivity index (χ2n) is 6.87. The number of ether oxygens (including phenoxy) is 1. The van der Waals surface area contributed by atoms with Crippen LogP contribution in [0.3, 0.4) is 0 Å². The standard InChI is InChI=1S/C23H32N4O2/c1-5-25-23(27-16-18(3)29-21-12-7-6-9-17(21)2)26-14-13-19-10-8-11-20(15-19)22(28)24-4/h6-12,15,18H,5,13-14,16H2,1-4H3,(H,24,28)(H2,25,26,27). The molecular formula is C23H32N4O2. The number of para-hydroxylation sites is 1. The Bertz CT molecular complexity index is 820. The summed E-state index contributed by atoms with van der Waals surface area (Å²) in [6, 6.07) is 15.7. The summed E-state index contributed by atoms with van der Waals surface area (Å²) in [5.74, 6) is 1.58. The van der Waals surface area contributed by atoms with Gasteiger partial charge >= 0.3 is 0 Å². The number of amides is 1. The molecule has 1 unspecified atom stereocenters. The Hall–Kier alpha value is -3.02. The van der Waals surface area contributed by atoms with Crippen LogP contribution < -0.4 is 20.7 Å². The van der Waals surface area contributed by atoms with Gasteiger partial charge in [0.25, 0.3) is 5.91 Å². The third kappa shape index (κ3) is 7.49. The van der Waals surface area contributed by atoms with Gasteiger partial charge in [0.15, 0.2) is 5.96 Å². The van der Waals surface area contributed by atoms with E-state index in [2.05, 4.69) is 20.9 Å². The molecule has 0 bridgehead atoms. The van der Waals surface area contributed by atoms with E-state index in [4.69, 9.17) is 4.74 Å². The van der Waals surface area contributed by atoms with Gasteiger partial charge in [0, 0.05) is 25.7 Å². The Kier molecular flexibility index (Phi) is 9.02. The molecule has 0 aromatic heterocycles. The number of nitrogens with zero attached hydrogens (tertiary/aromatic N) is 1. The number of rotatable bonds is 9. The van der Waals surface area contributed by atoms with Crippen LogP contribution in [0.15, 0.2) is 53.5 Å². The number of hydrogen-bond donors (Lipinski definition) is 3. The average molecular weight is 397 g/mol. The highest BCUT2D eigenvalue weighted by atomic mass is 16.5. The van der Waals surface area contributed by atoms with Gasteiger partial charge in [-0.05, 0) is 56.5 Å². The smallest absolute Gasteiger partial charge is 0.251 e. The van der Waals surface area contributed by atoms with E-state index in [9.17, 15) is 4.79 Å². The van der Waals surface area contributed by atoms with Crippen LogP contribution in [-0.4, -0.2) is 44.7 Å². The molecule has 29 heavy (non-hydrogen) atoms. The van der Waals surface area contributed by atoms with Crippen molar-refractivity contribution in [3.05, 3.63) is 65.2 Å². The second-order valence-corrected chi connectivity index (χ2v) is 6.87. The first-order valence-corrected chi connectivity index (χ1v) is 10.1. The molecule has 156 valence electrons. The Labute approximate surface area is 173 Å². The molecule has 0 saturated heterocycles. The third-order valence-electron chi connectivity index (χ3n) is 4.39. The molecule has 0 aliphatic carbocycles. The normalized spacial score (nSPS) is 12.2. The van der Waals surface area contributed by atoms with Gasteiger partial charge in [0.2, 0.25) is 0 Å². The first-order chi connectivity index (χ1) is 14.0. The number of guanidine groups is 1. The molecular weight excluding hydrogens is 364 g/mol. The van der Waals surface area contributed by atoms with Gasteiger partial charge in [-0.15, -0.1) is 0 Å². The molecule has 0 heterocycles. The number of carbonyl (C=O) groups is 1. The lowest BCUT2D eigenvalue weighted by Gasteiger charge is -2.16. The van der Waals surface area contributed by atoms with E-state index < -0.39 is 0 Å². The van der Waals surface area contributed by atoms with Gasteiger partial charge in [-0.25, -0.2) is 4.99 Å². The predicted octanol–water partition coefficient (Wildman–Crippen LogP) is 2.92. The number of benzene rings is 2.